The Bertz CT molecular complexity index is 2190. The maximum absolute atomic E-state index is 13.0. The number of carboxylic acid groups (broad SMARTS) is 3. The van der Waals surface area contributed by atoms with E-state index in [1.165, 1.54) is 0 Å². The van der Waals surface area contributed by atoms with Gasteiger partial charge in [0, 0.05) is 46.9 Å². The van der Waals surface area contributed by atoms with E-state index >= 15 is 0 Å². The van der Waals surface area contributed by atoms with Crippen molar-refractivity contribution in [2.45, 2.75) is 74.3 Å². The van der Waals surface area contributed by atoms with Crippen LogP contribution in [0, 0.1) is 23.7 Å². The molecule has 3 fully saturated rings. The molecular formula is C45H45N3O10. The molecule has 13 nitrogen and oxygen atoms in total. The smallest absolute Gasteiger partial charge is 0.323 e. The Kier molecular flexibility index (Phi) is 10.2. The molecule has 3 heterocycles. The molecule has 3 aliphatic heterocycles. The Hall–Kier alpha value is -6.21. The molecule has 2 unspecified atom stereocenters. The standard InChI is InChI=1S/C23H22N2O5.C22H23NO5/c26-20(27)11-13-9-14(10-13)23(21(28)24-22(29)25-23)12-17-15-5-1-3-7-18(15)30-19-8-4-2-6-16(17)19;23-22(21(26)27,14-9-13(10-14)11-20(24)25)12-17-15-5-1-3-7-18(15)28-19-8-4-2-6-16(17)19/h1-8,13-14,17H,9-12H2,(H,26,27)(H2,24,25,28,29);1-8,13-14,17H,9-12,23H2,(H,24,25)(H,26,27). The molecule has 2 saturated carbocycles. The van der Waals surface area contributed by atoms with E-state index < -0.39 is 35.0 Å². The summed E-state index contributed by atoms with van der Waals surface area (Å²) in [7, 11) is 0. The van der Waals surface area contributed by atoms with Crippen molar-refractivity contribution in [1.29, 1.82) is 0 Å². The topological polar surface area (TPSA) is 215 Å². The number of nitrogens with two attached hydrogens (primary N) is 1. The molecule has 0 radical (unpaired) electrons. The number of carbonyl (C=O) groups excluding carboxylic acids is 2. The molecule has 300 valence electrons. The quantitative estimate of drug-likeness (QED) is 0.0852. The number of imide groups is 1. The Morgan fingerprint density at radius 1 is 0.655 bits per heavy atom. The summed E-state index contributed by atoms with van der Waals surface area (Å²) in [5, 5.41) is 33.4. The van der Waals surface area contributed by atoms with Crippen LogP contribution in [0.15, 0.2) is 97.1 Å². The van der Waals surface area contributed by atoms with Crippen molar-refractivity contribution in [2.75, 3.05) is 0 Å². The van der Waals surface area contributed by atoms with Crippen LogP contribution in [-0.2, 0) is 19.2 Å². The second-order valence-corrected chi connectivity index (χ2v) is 16.4. The molecule has 3 amide bonds. The number of carboxylic acids is 3. The van der Waals surface area contributed by atoms with Gasteiger partial charge in [0.2, 0.25) is 0 Å². The summed E-state index contributed by atoms with van der Waals surface area (Å²) in [6.45, 7) is 0. The van der Waals surface area contributed by atoms with Crippen LogP contribution in [0.25, 0.3) is 0 Å². The fraction of sp³-hybridized carbons (Fsp3) is 0.356. The summed E-state index contributed by atoms with van der Waals surface area (Å²) < 4.78 is 12.1. The van der Waals surface area contributed by atoms with Crippen LogP contribution in [0.1, 0.15) is 85.5 Å². The summed E-state index contributed by atoms with van der Waals surface area (Å²) >= 11 is 0. The molecule has 9 rings (SSSR count). The summed E-state index contributed by atoms with van der Waals surface area (Å²) in [6.07, 6.45) is 3.05. The number of fused-ring (bicyclic) bond motifs is 4. The number of hydrogen-bond donors (Lipinski definition) is 6. The van der Waals surface area contributed by atoms with Crippen molar-refractivity contribution in [2.24, 2.45) is 29.4 Å². The van der Waals surface area contributed by atoms with Crippen LogP contribution in [-0.4, -0.2) is 56.2 Å². The zero-order valence-corrected chi connectivity index (χ0v) is 31.6. The predicted molar refractivity (Wildman–Crippen MR) is 210 cm³/mol. The van der Waals surface area contributed by atoms with E-state index in [2.05, 4.69) is 10.6 Å². The van der Waals surface area contributed by atoms with Crippen molar-refractivity contribution < 1.29 is 48.8 Å². The molecule has 0 bridgehead atoms. The van der Waals surface area contributed by atoms with E-state index in [4.69, 9.17) is 25.4 Å². The Balaban J connectivity index is 0.000000162. The van der Waals surface area contributed by atoms with Crippen molar-refractivity contribution in [1.82, 2.24) is 10.6 Å². The van der Waals surface area contributed by atoms with Crippen LogP contribution < -0.4 is 25.8 Å². The lowest BCUT2D eigenvalue weighted by atomic mass is 9.60. The maximum Gasteiger partial charge on any atom is 0.323 e. The number of aliphatic carboxylic acids is 3. The van der Waals surface area contributed by atoms with E-state index in [0.29, 0.717) is 32.1 Å². The van der Waals surface area contributed by atoms with Gasteiger partial charge in [-0.3, -0.25) is 24.5 Å². The number of nitrogens with one attached hydrogen (secondary N) is 2. The average molecular weight is 788 g/mol. The van der Waals surface area contributed by atoms with Gasteiger partial charge in [-0.25, -0.2) is 4.79 Å². The molecule has 7 N–H and O–H groups in total. The van der Waals surface area contributed by atoms with Gasteiger partial charge in [0.05, 0.1) is 0 Å². The van der Waals surface area contributed by atoms with E-state index in [1.54, 1.807) is 0 Å². The first-order chi connectivity index (χ1) is 27.8. The fourth-order valence-electron chi connectivity index (χ4n) is 9.77. The number of amides is 3. The summed E-state index contributed by atoms with van der Waals surface area (Å²) in [5.41, 5.74) is 7.83. The lowest BCUT2D eigenvalue weighted by molar-refractivity contribution is -0.149. The zero-order chi connectivity index (χ0) is 40.8. The number of hydrogen-bond acceptors (Lipinski definition) is 8. The van der Waals surface area contributed by atoms with E-state index in [-0.39, 0.29) is 60.7 Å². The molecule has 2 atom stereocenters. The highest BCUT2D eigenvalue weighted by atomic mass is 16.5. The molecule has 0 spiro atoms. The third-order valence-electron chi connectivity index (χ3n) is 12.9. The van der Waals surface area contributed by atoms with Gasteiger partial charge in [0.15, 0.2) is 0 Å². The zero-order valence-electron chi connectivity index (χ0n) is 31.6. The first kappa shape index (κ1) is 38.7. The summed E-state index contributed by atoms with van der Waals surface area (Å²) in [6, 6.07) is 30.3. The second-order valence-electron chi connectivity index (χ2n) is 16.4. The van der Waals surface area contributed by atoms with Gasteiger partial charge in [0.25, 0.3) is 5.91 Å². The molecule has 13 heteroatoms. The Morgan fingerprint density at radius 3 is 1.47 bits per heavy atom. The first-order valence-electron chi connectivity index (χ1n) is 19.7. The summed E-state index contributed by atoms with van der Waals surface area (Å²) in [5.74, 6) is -0.747. The van der Waals surface area contributed by atoms with Gasteiger partial charge in [-0.15, -0.1) is 0 Å². The SMILES string of the molecule is NC(CC1c2ccccc2Oc2ccccc21)(C(=O)O)C1CC(CC(=O)O)C1.O=C(O)CC1CC(C2(CC3c4ccccc4Oc4ccccc43)NC(=O)NC2=O)C1. The fourth-order valence-corrected chi connectivity index (χ4v) is 9.77. The van der Waals surface area contributed by atoms with Crippen LogP contribution in [0.5, 0.6) is 23.0 Å². The van der Waals surface area contributed by atoms with E-state index in [1.807, 2.05) is 97.1 Å². The van der Waals surface area contributed by atoms with Crippen molar-refractivity contribution in [3.8, 4) is 23.0 Å². The van der Waals surface area contributed by atoms with Crippen LogP contribution in [0.3, 0.4) is 0 Å². The van der Waals surface area contributed by atoms with Gasteiger partial charge < -0.3 is 35.8 Å². The molecule has 5 aliphatic rings. The first-order valence-corrected chi connectivity index (χ1v) is 19.7. The highest BCUT2D eigenvalue weighted by molar-refractivity contribution is 6.07. The molecular weight excluding hydrogens is 743 g/mol. The number of benzene rings is 4. The number of para-hydroxylation sites is 4. The highest BCUT2D eigenvalue weighted by Gasteiger charge is 2.57. The lowest BCUT2D eigenvalue weighted by Crippen LogP contribution is -2.59. The molecule has 4 aromatic rings. The average Bonchev–Trinajstić information content (AvgIpc) is 3.45. The molecule has 0 aromatic heterocycles. The molecule has 4 aromatic carbocycles. The minimum atomic E-state index is -1.42. The van der Waals surface area contributed by atoms with Gasteiger partial charge >= 0.3 is 23.9 Å². The van der Waals surface area contributed by atoms with Crippen LogP contribution >= 0.6 is 0 Å². The largest absolute Gasteiger partial charge is 0.481 e. The third-order valence-corrected chi connectivity index (χ3v) is 12.9. The minimum Gasteiger partial charge on any atom is -0.481 e. The number of ether oxygens (including phenoxy) is 2. The molecule has 58 heavy (non-hydrogen) atoms. The highest BCUT2D eigenvalue weighted by Crippen LogP contribution is 2.53. The number of carbonyl (C=O) groups is 5. The molecule has 2 aliphatic carbocycles. The number of urea groups is 1. The third kappa shape index (κ3) is 7.15. The van der Waals surface area contributed by atoms with Crippen molar-refractivity contribution >= 4 is 29.8 Å². The minimum absolute atomic E-state index is 0.000892. The maximum atomic E-state index is 13.0. The monoisotopic (exact) mass is 787 g/mol. The van der Waals surface area contributed by atoms with Crippen LogP contribution in [0.2, 0.25) is 0 Å². The Morgan fingerprint density at radius 2 is 1.07 bits per heavy atom. The molecule has 1 saturated heterocycles. The van der Waals surface area contributed by atoms with Gasteiger partial charge in [-0.05, 0) is 86.5 Å². The Labute approximate surface area is 334 Å². The van der Waals surface area contributed by atoms with Gasteiger partial charge in [0.1, 0.15) is 34.1 Å². The van der Waals surface area contributed by atoms with Gasteiger partial charge in [-0.1, -0.05) is 72.8 Å². The number of rotatable bonds is 11. The van der Waals surface area contributed by atoms with Crippen molar-refractivity contribution in [3.05, 3.63) is 119 Å². The van der Waals surface area contributed by atoms with Crippen molar-refractivity contribution in [3.63, 3.8) is 0 Å². The second kappa shape index (κ2) is 15.3. The predicted octanol–water partition coefficient (Wildman–Crippen LogP) is 6.99. The van der Waals surface area contributed by atoms with E-state index in [9.17, 15) is 29.1 Å². The summed E-state index contributed by atoms with van der Waals surface area (Å²) in [4.78, 5) is 59.4. The van der Waals surface area contributed by atoms with Gasteiger partial charge in [-0.2, -0.15) is 0 Å². The lowest BCUT2D eigenvalue weighted by Gasteiger charge is -2.46. The normalized spacial score (nSPS) is 25.1. The van der Waals surface area contributed by atoms with Crippen LogP contribution in [0.4, 0.5) is 4.79 Å². The van der Waals surface area contributed by atoms with E-state index in [0.717, 1.165) is 45.3 Å².